The highest BCUT2D eigenvalue weighted by Gasteiger charge is 2.15. The molecule has 0 aliphatic heterocycles. The van der Waals surface area contributed by atoms with E-state index < -0.39 is 5.82 Å². The van der Waals surface area contributed by atoms with Gasteiger partial charge in [-0.25, -0.2) is 13.8 Å². The Hall–Kier alpha value is -1.66. The van der Waals surface area contributed by atoms with Crippen LogP contribution in [-0.2, 0) is 0 Å². The Morgan fingerprint density at radius 3 is 2.65 bits per heavy atom. The van der Waals surface area contributed by atoms with Crippen molar-refractivity contribution in [3.8, 4) is 5.69 Å². The van der Waals surface area contributed by atoms with E-state index in [9.17, 15) is 8.78 Å². The normalized spacial score (nSPS) is 11.2. The van der Waals surface area contributed by atoms with E-state index in [1.807, 2.05) is 0 Å². The fourth-order valence-corrected chi connectivity index (χ4v) is 2.69. The molecule has 3 nitrogen and oxygen atoms in total. The Morgan fingerprint density at radius 1 is 1.20 bits per heavy atom. The van der Waals surface area contributed by atoms with Crippen molar-refractivity contribution in [1.29, 1.82) is 0 Å². The van der Waals surface area contributed by atoms with Crippen LogP contribution in [0.15, 0.2) is 34.8 Å². The molecule has 0 saturated heterocycles. The molecular weight excluding hydrogens is 352 g/mol. The molecule has 2 aromatic carbocycles. The summed E-state index contributed by atoms with van der Waals surface area (Å²) in [5.74, 6) is -0.788. The minimum absolute atomic E-state index is 0.0307. The van der Waals surface area contributed by atoms with Gasteiger partial charge in [0, 0.05) is 10.5 Å². The maximum Gasteiger partial charge on any atom is 0.205 e. The van der Waals surface area contributed by atoms with Crippen LogP contribution in [0.5, 0.6) is 0 Å². The molecule has 0 aliphatic rings. The second kappa shape index (κ2) is 4.71. The van der Waals surface area contributed by atoms with Crippen molar-refractivity contribution in [3.63, 3.8) is 0 Å². The smallest absolute Gasteiger partial charge is 0.205 e. The SMILES string of the molecule is Nc1nc2cc(F)c(Cl)cc2n1-c1ccc(F)cc1Br. The number of aromatic nitrogens is 2. The van der Waals surface area contributed by atoms with Crippen molar-refractivity contribution in [2.24, 2.45) is 0 Å². The fraction of sp³-hybridized carbons (Fsp3) is 0. The van der Waals surface area contributed by atoms with Crippen molar-refractivity contribution < 1.29 is 8.78 Å². The van der Waals surface area contributed by atoms with Crippen LogP contribution in [0.3, 0.4) is 0 Å². The third kappa shape index (κ3) is 2.05. The third-order valence-corrected chi connectivity index (χ3v) is 3.80. The van der Waals surface area contributed by atoms with Gasteiger partial charge in [-0.3, -0.25) is 4.57 Å². The zero-order chi connectivity index (χ0) is 14.4. The van der Waals surface area contributed by atoms with Gasteiger partial charge in [0.15, 0.2) is 0 Å². The van der Waals surface area contributed by atoms with Crippen molar-refractivity contribution in [3.05, 3.63) is 51.5 Å². The van der Waals surface area contributed by atoms with Crippen molar-refractivity contribution in [2.75, 3.05) is 5.73 Å². The molecule has 0 atom stereocenters. The maximum atomic E-state index is 13.4. The van der Waals surface area contributed by atoms with E-state index in [0.29, 0.717) is 21.2 Å². The molecule has 1 heterocycles. The molecule has 0 aliphatic carbocycles. The first-order valence-electron chi connectivity index (χ1n) is 5.56. The lowest BCUT2D eigenvalue weighted by atomic mass is 10.2. The summed E-state index contributed by atoms with van der Waals surface area (Å²) >= 11 is 9.06. The van der Waals surface area contributed by atoms with E-state index in [2.05, 4.69) is 20.9 Å². The number of fused-ring (bicyclic) bond motifs is 1. The number of nitrogen functional groups attached to an aromatic ring is 1. The highest BCUT2D eigenvalue weighted by Crippen LogP contribution is 2.31. The standard InChI is InChI=1S/C13H7BrClF2N3/c14-7-3-6(16)1-2-11(7)20-12-4-8(15)9(17)5-10(12)19-13(20)18/h1-5H,(H2,18,19). The number of nitrogens with two attached hydrogens (primary N) is 1. The van der Waals surface area contributed by atoms with Gasteiger partial charge in [-0.2, -0.15) is 0 Å². The van der Waals surface area contributed by atoms with Crippen LogP contribution in [0, 0.1) is 11.6 Å². The Labute approximate surface area is 126 Å². The predicted octanol–water partition coefficient (Wildman–Crippen LogP) is 4.30. The monoisotopic (exact) mass is 357 g/mol. The van der Waals surface area contributed by atoms with Crippen LogP contribution in [0.2, 0.25) is 5.02 Å². The Kier molecular flexibility index (Phi) is 3.14. The molecule has 0 saturated carbocycles. The lowest BCUT2D eigenvalue weighted by molar-refractivity contribution is 0.626. The van der Waals surface area contributed by atoms with E-state index in [0.717, 1.165) is 0 Å². The number of benzene rings is 2. The third-order valence-electron chi connectivity index (χ3n) is 2.87. The molecule has 2 N–H and O–H groups in total. The number of rotatable bonds is 1. The van der Waals surface area contributed by atoms with Gasteiger partial charge in [0.1, 0.15) is 11.6 Å². The second-order valence-electron chi connectivity index (χ2n) is 4.16. The van der Waals surface area contributed by atoms with Crippen LogP contribution in [0.4, 0.5) is 14.7 Å². The molecule has 0 spiro atoms. The molecule has 102 valence electrons. The molecule has 1 aromatic heterocycles. The number of imidazole rings is 1. The van der Waals surface area contributed by atoms with Gasteiger partial charge >= 0.3 is 0 Å². The maximum absolute atomic E-state index is 13.4. The average Bonchev–Trinajstić information content (AvgIpc) is 2.66. The first-order chi connectivity index (χ1) is 9.47. The van der Waals surface area contributed by atoms with E-state index in [4.69, 9.17) is 17.3 Å². The van der Waals surface area contributed by atoms with Crippen molar-refractivity contribution in [1.82, 2.24) is 9.55 Å². The van der Waals surface area contributed by atoms with Gasteiger partial charge in [-0.05, 0) is 40.2 Å². The zero-order valence-electron chi connectivity index (χ0n) is 9.87. The van der Waals surface area contributed by atoms with E-state index in [1.165, 1.54) is 24.3 Å². The van der Waals surface area contributed by atoms with Crippen LogP contribution >= 0.6 is 27.5 Å². The highest BCUT2D eigenvalue weighted by molar-refractivity contribution is 9.10. The molecule has 0 amide bonds. The largest absolute Gasteiger partial charge is 0.369 e. The molecule has 7 heteroatoms. The van der Waals surface area contributed by atoms with Gasteiger partial charge in [0.05, 0.1) is 21.7 Å². The quantitative estimate of drug-likeness (QED) is 0.705. The topological polar surface area (TPSA) is 43.8 Å². The Bertz CT molecular complexity index is 832. The van der Waals surface area contributed by atoms with Crippen LogP contribution in [0.25, 0.3) is 16.7 Å². The number of hydrogen-bond acceptors (Lipinski definition) is 2. The molecule has 0 bridgehead atoms. The summed E-state index contributed by atoms with van der Waals surface area (Å²) in [6.07, 6.45) is 0. The Balaban J connectivity index is 2.35. The summed E-state index contributed by atoms with van der Waals surface area (Å²) in [5, 5.41) is -0.0307. The van der Waals surface area contributed by atoms with Crippen LogP contribution < -0.4 is 5.73 Å². The van der Waals surface area contributed by atoms with Crippen molar-refractivity contribution >= 4 is 44.5 Å². The minimum Gasteiger partial charge on any atom is -0.369 e. The second-order valence-corrected chi connectivity index (χ2v) is 5.42. The summed E-state index contributed by atoms with van der Waals surface area (Å²) in [6.45, 7) is 0. The van der Waals surface area contributed by atoms with E-state index in [1.54, 1.807) is 10.6 Å². The summed E-state index contributed by atoms with van der Waals surface area (Å²) in [7, 11) is 0. The zero-order valence-corrected chi connectivity index (χ0v) is 12.2. The van der Waals surface area contributed by atoms with Crippen LogP contribution in [0.1, 0.15) is 0 Å². The predicted molar refractivity (Wildman–Crippen MR) is 78.1 cm³/mol. The van der Waals surface area contributed by atoms with E-state index >= 15 is 0 Å². The number of anilines is 1. The lowest BCUT2D eigenvalue weighted by Gasteiger charge is -2.09. The molecule has 0 fully saturated rings. The number of hydrogen-bond donors (Lipinski definition) is 1. The number of halogens is 4. The van der Waals surface area contributed by atoms with Gasteiger partial charge in [0.2, 0.25) is 5.95 Å². The molecule has 0 radical (unpaired) electrons. The highest BCUT2D eigenvalue weighted by atomic mass is 79.9. The number of nitrogens with zero attached hydrogens (tertiary/aromatic N) is 2. The first-order valence-corrected chi connectivity index (χ1v) is 6.73. The van der Waals surface area contributed by atoms with E-state index in [-0.39, 0.29) is 16.8 Å². The van der Waals surface area contributed by atoms with Gasteiger partial charge in [-0.1, -0.05) is 11.6 Å². The molecule has 0 unspecified atom stereocenters. The average molecular weight is 359 g/mol. The minimum atomic E-state index is -0.568. The van der Waals surface area contributed by atoms with Gasteiger partial charge < -0.3 is 5.73 Å². The summed E-state index contributed by atoms with van der Waals surface area (Å²) in [5.41, 5.74) is 7.37. The lowest BCUT2D eigenvalue weighted by Crippen LogP contribution is -2.01. The van der Waals surface area contributed by atoms with Gasteiger partial charge in [-0.15, -0.1) is 0 Å². The summed E-state index contributed by atoms with van der Waals surface area (Å²) < 4.78 is 28.7. The summed E-state index contributed by atoms with van der Waals surface area (Å²) in [6, 6.07) is 6.81. The molecule has 20 heavy (non-hydrogen) atoms. The fourth-order valence-electron chi connectivity index (χ4n) is 2.01. The Morgan fingerprint density at radius 2 is 1.95 bits per heavy atom. The van der Waals surface area contributed by atoms with Crippen LogP contribution in [-0.4, -0.2) is 9.55 Å². The first kappa shape index (κ1) is 13.3. The molecule has 3 aromatic rings. The van der Waals surface area contributed by atoms with Crippen molar-refractivity contribution in [2.45, 2.75) is 0 Å². The summed E-state index contributed by atoms with van der Waals surface area (Å²) in [4.78, 5) is 4.08. The molecular formula is C13H7BrClF2N3. The van der Waals surface area contributed by atoms with Gasteiger partial charge in [0.25, 0.3) is 0 Å². The molecule has 3 rings (SSSR count).